The van der Waals surface area contributed by atoms with Crippen LogP contribution < -0.4 is 15.4 Å². The molecule has 220 valence electrons. The Balaban J connectivity index is 1.38. The van der Waals surface area contributed by atoms with Gasteiger partial charge in [-0.2, -0.15) is 10.5 Å². The van der Waals surface area contributed by atoms with Gasteiger partial charge in [-0.25, -0.2) is 9.67 Å². The zero-order valence-electron chi connectivity index (χ0n) is 25.2. The largest absolute Gasteiger partial charge is 0.481 e. The lowest BCUT2D eigenvalue weighted by atomic mass is 9.50. The van der Waals surface area contributed by atoms with E-state index in [2.05, 4.69) is 76.1 Å². The SMILES string of the molecule is COc1nccc2c(C(Nc3cc(C#N)c4ncc(C#N)c(NCC(C)(C)C)c4c3)c3cn(C45CC(C4)C5)nn3)cccc12. The molecule has 3 aliphatic rings. The van der Waals surface area contributed by atoms with Gasteiger partial charge in [0.15, 0.2) is 0 Å². The molecule has 2 bridgehead atoms. The van der Waals surface area contributed by atoms with Gasteiger partial charge in [0.1, 0.15) is 17.8 Å². The van der Waals surface area contributed by atoms with Crippen molar-refractivity contribution in [3.8, 4) is 18.0 Å². The topological polar surface area (TPSA) is 137 Å². The maximum atomic E-state index is 10.2. The number of methoxy groups -OCH3 is 1. The second-order valence-electron chi connectivity index (χ2n) is 13.2. The van der Waals surface area contributed by atoms with Crippen LogP contribution in [-0.2, 0) is 5.54 Å². The fourth-order valence-electron chi connectivity index (χ4n) is 6.55. The van der Waals surface area contributed by atoms with E-state index in [9.17, 15) is 10.5 Å². The Morgan fingerprint density at radius 1 is 1.05 bits per heavy atom. The smallest absolute Gasteiger partial charge is 0.221 e. The molecule has 0 aliphatic heterocycles. The van der Waals surface area contributed by atoms with E-state index in [4.69, 9.17) is 4.74 Å². The van der Waals surface area contributed by atoms with Crippen LogP contribution in [0.1, 0.15) is 68.5 Å². The van der Waals surface area contributed by atoms with E-state index >= 15 is 0 Å². The van der Waals surface area contributed by atoms with Crippen LogP contribution in [0.4, 0.5) is 11.4 Å². The van der Waals surface area contributed by atoms with Gasteiger partial charge < -0.3 is 15.4 Å². The highest BCUT2D eigenvalue weighted by molar-refractivity contribution is 5.99. The Morgan fingerprint density at radius 2 is 1.84 bits per heavy atom. The van der Waals surface area contributed by atoms with E-state index in [1.54, 1.807) is 19.4 Å². The van der Waals surface area contributed by atoms with Gasteiger partial charge in [-0.15, -0.1) is 5.10 Å². The lowest BCUT2D eigenvalue weighted by Crippen LogP contribution is -2.59. The van der Waals surface area contributed by atoms with Crippen LogP contribution in [0.25, 0.3) is 21.7 Å². The molecule has 5 aromatic rings. The average molecular weight is 584 g/mol. The highest BCUT2D eigenvalue weighted by Crippen LogP contribution is 2.62. The Bertz CT molecular complexity index is 1990. The third kappa shape index (κ3) is 4.55. The third-order valence-corrected chi connectivity index (χ3v) is 8.93. The van der Waals surface area contributed by atoms with Crippen LogP contribution in [-0.4, -0.2) is 38.6 Å². The summed E-state index contributed by atoms with van der Waals surface area (Å²) >= 11 is 0. The number of anilines is 2. The fourth-order valence-corrected chi connectivity index (χ4v) is 6.55. The van der Waals surface area contributed by atoms with E-state index in [0.717, 1.165) is 47.2 Å². The first-order valence-corrected chi connectivity index (χ1v) is 14.8. The van der Waals surface area contributed by atoms with Gasteiger partial charge in [-0.1, -0.05) is 38.1 Å². The van der Waals surface area contributed by atoms with Crippen molar-refractivity contribution >= 4 is 33.1 Å². The zero-order valence-corrected chi connectivity index (χ0v) is 25.2. The van der Waals surface area contributed by atoms with Gasteiger partial charge >= 0.3 is 0 Å². The minimum absolute atomic E-state index is 0.0299. The van der Waals surface area contributed by atoms with Crippen molar-refractivity contribution in [3.63, 3.8) is 0 Å². The van der Waals surface area contributed by atoms with Gasteiger partial charge in [0.05, 0.1) is 47.2 Å². The molecule has 1 unspecified atom stereocenters. The molecule has 0 radical (unpaired) electrons. The van der Waals surface area contributed by atoms with Crippen LogP contribution in [0.15, 0.2) is 55.0 Å². The molecule has 1 atom stereocenters. The standard InChI is InChI=1S/C34H33N9O/c1-33(2,3)19-39-30-22(16-36)17-38-29-21(15-35)10-23(11-27(29)30)40-31(28-18-43(42-41-28)34-12-20(13-34)14-34)25-6-5-7-26-24(25)8-9-37-32(26)44-4/h5-11,17-18,20,31,40H,12-14,19H2,1-4H3,(H,38,39). The summed E-state index contributed by atoms with van der Waals surface area (Å²) in [6.07, 6.45) is 8.79. The van der Waals surface area contributed by atoms with Crippen LogP contribution in [0, 0.1) is 34.0 Å². The lowest BCUT2D eigenvalue weighted by Gasteiger charge is -2.61. The van der Waals surface area contributed by atoms with Gasteiger partial charge in [-0.05, 0) is 65.8 Å². The molecular weight excluding hydrogens is 550 g/mol. The van der Waals surface area contributed by atoms with Gasteiger partial charge in [0, 0.05) is 35.4 Å². The first kappa shape index (κ1) is 27.6. The lowest BCUT2D eigenvalue weighted by molar-refractivity contribution is -0.0989. The van der Waals surface area contributed by atoms with Crippen molar-refractivity contribution in [2.75, 3.05) is 24.3 Å². The van der Waals surface area contributed by atoms with Crippen molar-refractivity contribution < 1.29 is 4.74 Å². The number of hydrogen-bond donors (Lipinski definition) is 2. The van der Waals surface area contributed by atoms with Gasteiger partial charge in [0.2, 0.25) is 5.88 Å². The maximum absolute atomic E-state index is 10.2. The maximum Gasteiger partial charge on any atom is 0.221 e. The normalized spacial score (nSPS) is 19.4. The summed E-state index contributed by atoms with van der Waals surface area (Å²) in [5.41, 5.74) is 4.55. The molecule has 3 saturated carbocycles. The molecule has 10 nitrogen and oxygen atoms in total. The Hall–Kier alpha value is -5.22. The summed E-state index contributed by atoms with van der Waals surface area (Å²) in [5.74, 6) is 1.35. The van der Waals surface area contributed by atoms with Crippen LogP contribution >= 0.6 is 0 Å². The number of fused-ring (bicyclic) bond motifs is 2. The quantitative estimate of drug-likeness (QED) is 0.216. The number of pyridine rings is 2. The Morgan fingerprint density at radius 3 is 2.52 bits per heavy atom. The third-order valence-electron chi connectivity index (χ3n) is 8.93. The molecule has 0 saturated heterocycles. The number of rotatable bonds is 8. The highest BCUT2D eigenvalue weighted by atomic mass is 16.5. The fraction of sp³-hybridized carbons (Fsp3) is 0.353. The average Bonchev–Trinajstić information content (AvgIpc) is 3.44. The minimum Gasteiger partial charge on any atom is -0.481 e. The summed E-state index contributed by atoms with van der Waals surface area (Å²) < 4.78 is 7.63. The number of nitriles is 2. The molecule has 2 aromatic carbocycles. The first-order chi connectivity index (χ1) is 21.2. The molecule has 10 heteroatoms. The molecule has 8 rings (SSSR count). The second kappa shape index (κ2) is 10.2. The van der Waals surface area contributed by atoms with E-state index in [-0.39, 0.29) is 11.0 Å². The minimum atomic E-state index is -0.408. The van der Waals surface area contributed by atoms with Crippen molar-refractivity contribution in [3.05, 3.63) is 77.4 Å². The van der Waals surface area contributed by atoms with Crippen LogP contribution in [0.5, 0.6) is 5.88 Å². The van der Waals surface area contributed by atoms with Crippen molar-refractivity contribution in [1.29, 1.82) is 10.5 Å². The molecular formula is C34H33N9O. The molecule has 3 aliphatic carbocycles. The van der Waals surface area contributed by atoms with E-state index in [1.165, 1.54) is 6.20 Å². The van der Waals surface area contributed by atoms with Gasteiger partial charge in [0.25, 0.3) is 0 Å². The van der Waals surface area contributed by atoms with Crippen LogP contribution in [0.2, 0.25) is 0 Å². The molecule has 44 heavy (non-hydrogen) atoms. The Kier molecular flexibility index (Phi) is 6.40. The molecule has 3 fully saturated rings. The summed E-state index contributed by atoms with van der Waals surface area (Å²) in [4.78, 5) is 8.93. The monoisotopic (exact) mass is 583 g/mol. The van der Waals surface area contributed by atoms with Crippen molar-refractivity contribution in [2.24, 2.45) is 11.3 Å². The number of ether oxygens (including phenoxy) is 1. The summed E-state index contributed by atoms with van der Waals surface area (Å²) in [7, 11) is 1.62. The van der Waals surface area contributed by atoms with Crippen molar-refractivity contribution in [2.45, 2.75) is 51.6 Å². The summed E-state index contributed by atoms with van der Waals surface area (Å²) in [5, 5.41) is 39.1. The van der Waals surface area contributed by atoms with Gasteiger partial charge in [-0.3, -0.25) is 4.98 Å². The number of hydrogen-bond acceptors (Lipinski definition) is 9. The van der Waals surface area contributed by atoms with Crippen LogP contribution in [0.3, 0.4) is 0 Å². The van der Waals surface area contributed by atoms with E-state index in [1.807, 2.05) is 28.9 Å². The zero-order chi connectivity index (χ0) is 30.6. The second-order valence-corrected chi connectivity index (χ2v) is 13.2. The number of nitrogens with one attached hydrogen (secondary N) is 2. The summed E-state index contributed by atoms with van der Waals surface area (Å²) in [6.45, 7) is 7.02. The predicted octanol–water partition coefficient (Wildman–Crippen LogP) is 6.29. The molecule has 0 amide bonds. The van der Waals surface area contributed by atoms with E-state index in [0.29, 0.717) is 45.8 Å². The summed E-state index contributed by atoms with van der Waals surface area (Å²) in [6, 6.07) is 16.0. The van der Waals surface area contributed by atoms with Crippen molar-refractivity contribution in [1.82, 2.24) is 25.0 Å². The number of nitrogens with zero attached hydrogens (tertiary/aromatic N) is 7. The molecule has 3 heterocycles. The number of aromatic nitrogens is 5. The molecule has 0 spiro atoms. The highest BCUT2D eigenvalue weighted by Gasteiger charge is 2.59. The Labute approximate surface area is 255 Å². The number of benzene rings is 2. The van der Waals surface area contributed by atoms with E-state index < -0.39 is 6.04 Å². The first-order valence-electron chi connectivity index (χ1n) is 14.8. The molecule has 3 aromatic heterocycles. The predicted molar refractivity (Wildman–Crippen MR) is 168 cm³/mol. The molecule has 2 N–H and O–H groups in total.